The molecule has 0 amide bonds. The van der Waals surface area contributed by atoms with E-state index < -0.39 is 0 Å². The van der Waals surface area contributed by atoms with Gasteiger partial charge in [0.15, 0.2) is 0 Å². The van der Waals surface area contributed by atoms with Gasteiger partial charge in [0.25, 0.3) is 0 Å². The minimum atomic E-state index is 0.894. The van der Waals surface area contributed by atoms with E-state index >= 15 is 0 Å². The van der Waals surface area contributed by atoms with E-state index in [-0.39, 0.29) is 0 Å². The second kappa shape index (κ2) is 4.44. The van der Waals surface area contributed by atoms with Gasteiger partial charge in [0.05, 0.1) is 5.69 Å². The van der Waals surface area contributed by atoms with E-state index in [0.717, 1.165) is 36.5 Å². The normalized spacial score (nSPS) is 10.4. The standard InChI is InChI=1S/C8H13NOS/c1-7-6-8(9-10-7)4-2-3-5-11/h6,11H,2-5H2,1H3. The lowest BCUT2D eigenvalue weighted by Crippen LogP contribution is -1.85. The van der Waals surface area contributed by atoms with E-state index in [1.807, 2.05) is 13.0 Å². The molecule has 0 saturated heterocycles. The molecule has 0 fully saturated rings. The summed E-state index contributed by atoms with van der Waals surface area (Å²) < 4.78 is 4.93. The highest BCUT2D eigenvalue weighted by molar-refractivity contribution is 7.80. The van der Waals surface area contributed by atoms with E-state index in [1.54, 1.807) is 0 Å². The predicted molar refractivity (Wildman–Crippen MR) is 48.0 cm³/mol. The second-order valence-corrected chi connectivity index (χ2v) is 3.06. The highest BCUT2D eigenvalue weighted by Crippen LogP contribution is 2.05. The minimum Gasteiger partial charge on any atom is -0.361 e. The van der Waals surface area contributed by atoms with Crippen LogP contribution in [0.5, 0.6) is 0 Å². The molecule has 0 radical (unpaired) electrons. The SMILES string of the molecule is Cc1cc(CCCCS)no1. The fourth-order valence-electron chi connectivity index (χ4n) is 0.954. The fraction of sp³-hybridized carbons (Fsp3) is 0.625. The molecule has 0 unspecified atom stereocenters. The maximum Gasteiger partial charge on any atom is 0.133 e. The summed E-state index contributed by atoms with van der Waals surface area (Å²) in [4.78, 5) is 0. The van der Waals surface area contributed by atoms with Gasteiger partial charge in [-0.1, -0.05) is 5.16 Å². The third-order valence-electron chi connectivity index (χ3n) is 1.52. The number of aryl methyl sites for hydroxylation is 2. The van der Waals surface area contributed by atoms with Crippen LogP contribution >= 0.6 is 12.6 Å². The van der Waals surface area contributed by atoms with Crippen LogP contribution in [0, 0.1) is 6.92 Å². The fourth-order valence-corrected chi connectivity index (χ4v) is 1.18. The Balaban J connectivity index is 2.27. The molecule has 0 atom stereocenters. The number of hydrogen-bond donors (Lipinski definition) is 1. The summed E-state index contributed by atoms with van der Waals surface area (Å²) in [5.74, 6) is 1.85. The van der Waals surface area contributed by atoms with Crippen molar-refractivity contribution in [3.05, 3.63) is 17.5 Å². The topological polar surface area (TPSA) is 26.0 Å². The van der Waals surface area contributed by atoms with Crippen molar-refractivity contribution >= 4 is 12.6 Å². The van der Waals surface area contributed by atoms with Crippen LogP contribution < -0.4 is 0 Å². The van der Waals surface area contributed by atoms with E-state index in [4.69, 9.17) is 4.52 Å². The lowest BCUT2D eigenvalue weighted by atomic mass is 10.2. The van der Waals surface area contributed by atoms with E-state index in [2.05, 4.69) is 17.8 Å². The molecule has 0 aliphatic heterocycles. The Labute approximate surface area is 72.4 Å². The van der Waals surface area contributed by atoms with Crippen LogP contribution in [0.1, 0.15) is 24.3 Å². The molecule has 0 bridgehead atoms. The minimum absolute atomic E-state index is 0.894. The molecule has 0 aliphatic rings. The Morgan fingerprint density at radius 2 is 2.36 bits per heavy atom. The zero-order chi connectivity index (χ0) is 8.10. The lowest BCUT2D eigenvalue weighted by Gasteiger charge is -1.91. The molecule has 3 heteroatoms. The summed E-state index contributed by atoms with van der Waals surface area (Å²) in [6.07, 6.45) is 3.31. The van der Waals surface area contributed by atoms with Crippen molar-refractivity contribution in [3.8, 4) is 0 Å². The summed E-state index contributed by atoms with van der Waals surface area (Å²) in [6, 6.07) is 1.98. The lowest BCUT2D eigenvalue weighted by molar-refractivity contribution is 0.390. The molecule has 62 valence electrons. The summed E-state index contributed by atoms with van der Waals surface area (Å²) in [5, 5.41) is 3.89. The quantitative estimate of drug-likeness (QED) is 0.555. The van der Waals surface area contributed by atoms with Gasteiger partial charge in [-0.2, -0.15) is 12.6 Å². The molecule has 0 aromatic carbocycles. The average Bonchev–Trinajstić information content (AvgIpc) is 2.37. The van der Waals surface area contributed by atoms with Crippen molar-refractivity contribution in [2.75, 3.05) is 5.75 Å². The number of hydrogen-bond acceptors (Lipinski definition) is 3. The second-order valence-electron chi connectivity index (χ2n) is 2.61. The van der Waals surface area contributed by atoms with Gasteiger partial charge in [-0.25, -0.2) is 0 Å². The predicted octanol–water partition coefficient (Wildman–Crippen LogP) is 2.24. The van der Waals surface area contributed by atoms with Crippen LogP contribution in [0.25, 0.3) is 0 Å². The van der Waals surface area contributed by atoms with Crippen molar-refractivity contribution in [2.24, 2.45) is 0 Å². The summed E-state index contributed by atoms with van der Waals surface area (Å²) >= 11 is 4.13. The average molecular weight is 171 g/mol. The molecule has 1 rings (SSSR count). The maximum absolute atomic E-state index is 4.93. The third-order valence-corrected chi connectivity index (χ3v) is 1.83. The number of thiol groups is 1. The highest BCUT2D eigenvalue weighted by atomic mass is 32.1. The molecule has 0 aliphatic carbocycles. The van der Waals surface area contributed by atoms with Crippen molar-refractivity contribution in [1.29, 1.82) is 0 Å². The Kier molecular flexibility index (Phi) is 3.49. The molecule has 0 N–H and O–H groups in total. The van der Waals surface area contributed by atoms with Gasteiger partial charge in [-0.05, 0) is 31.9 Å². The molecule has 0 saturated carbocycles. The first kappa shape index (κ1) is 8.65. The Hall–Kier alpha value is -0.440. The van der Waals surface area contributed by atoms with Crippen molar-refractivity contribution < 1.29 is 4.52 Å². The molecular formula is C8H13NOS. The van der Waals surface area contributed by atoms with Crippen LogP contribution in [0.3, 0.4) is 0 Å². The van der Waals surface area contributed by atoms with Crippen molar-refractivity contribution in [1.82, 2.24) is 5.16 Å². The van der Waals surface area contributed by atoms with Crippen molar-refractivity contribution in [2.45, 2.75) is 26.2 Å². The third kappa shape index (κ3) is 2.97. The van der Waals surface area contributed by atoms with Gasteiger partial charge in [0.1, 0.15) is 5.76 Å². The number of rotatable bonds is 4. The maximum atomic E-state index is 4.93. The van der Waals surface area contributed by atoms with Gasteiger partial charge in [-0.15, -0.1) is 0 Å². The van der Waals surface area contributed by atoms with Crippen LogP contribution in [-0.2, 0) is 6.42 Å². The van der Waals surface area contributed by atoms with E-state index in [1.165, 1.54) is 0 Å². The van der Waals surface area contributed by atoms with Gasteiger partial charge in [-0.3, -0.25) is 0 Å². The zero-order valence-electron chi connectivity index (χ0n) is 6.71. The molecule has 11 heavy (non-hydrogen) atoms. The van der Waals surface area contributed by atoms with Crippen molar-refractivity contribution in [3.63, 3.8) is 0 Å². The van der Waals surface area contributed by atoms with Gasteiger partial charge >= 0.3 is 0 Å². The van der Waals surface area contributed by atoms with Crippen LogP contribution in [0.15, 0.2) is 10.6 Å². The Morgan fingerprint density at radius 1 is 1.55 bits per heavy atom. The van der Waals surface area contributed by atoms with E-state index in [0.29, 0.717) is 0 Å². The Morgan fingerprint density at radius 3 is 2.91 bits per heavy atom. The van der Waals surface area contributed by atoms with Crippen LogP contribution in [0.2, 0.25) is 0 Å². The molecule has 0 spiro atoms. The van der Waals surface area contributed by atoms with Gasteiger partial charge in [0, 0.05) is 6.07 Å². The Bertz CT molecular complexity index is 210. The van der Waals surface area contributed by atoms with E-state index in [9.17, 15) is 0 Å². The van der Waals surface area contributed by atoms with Crippen LogP contribution in [-0.4, -0.2) is 10.9 Å². The first-order chi connectivity index (χ1) is 5.33. The summed E-state index contributed by atoms with van der Waals surface area (Å²) in [5.41, 5.74) is 1.06. The number of aromatic nitrogens is 1. The first-order valence-electron chi connectivity index (χ1n) is 3.86. The molecular weight excluding hydrogens is 158 g/mol. The molecule has 1 heterocycles. The largest absolute Gasteiger partial charge is 0.361 e. The molecule has 1 aromatic rings. The first-order valence-corrected chi connectivity index (χ1v) is 4.49. The number of unbranched alkanes of at least 4 members (excludes halogenated alkanes) is 1. The highest BCUT2D eigenvalue weighted by Gasteiger charge is 1.98. The molecule has 2 nitrogen and oxygen atoms in total. The monoisotopic (exact) mass is 171 g/mol. The van der Waals surface area contributed by atoms with Gasteiger partial charge in [0.2, 0.25) is 0 Å². The molecule has 1 aromatic heterocycles. The smallest absolute Gasteiger partial charge is 0.133 e. The summed E-state index contributed by atoms with van der Waals surface area (Å²) in [7, 11) is 0. The number of nitrogens with zero attached hydrogens (tertiary/aromatic N) is 1. The van der Waals surface area contributed by atoms with Crippen LogP contribution in [0.4, 0.5) is 0 Å². The zero-order valence-corrected chi connectivity index (χ0v) is 7.60. The van der Waals surface area contributed by atoms with Gasteiger partial charge < -0.3 is 4.52 Å². The summed E-state index contributed by atoms with van der Waals surface area (Å²) in [6.45, 7) is 1.91.